The molecule has 2 aromatic rings. The molecule has 1 amide bonds. The molecule has 0 spiro atoms. The number of thioether (sulfide) groups is 2. The summed E-state index contributed by atoms with van der Waals surface area (Å²) in [5.41, 5.74) is 1.59. The van der Waals surface area contributed by atoms with Crippen LogP contribution in [-0.2, 0) is 19.1 Å². The van der Waals surface area contributed by atoms with Crippen molar-refractivity contribution in [1.29, 1.82) is 0 Å². The van der Waals surface area contributed by atoms with Crippen LogP contribution in [0, 0.1) is 3.57 Å². The van der Waals surface area contributed by atoms with Crippen molar-refractivity contribution in [1.82, 2.24) is 0 Å². The third-order valence-corrected chi connectivity index (χ3v) is 10.1. The van der Waals surface area contributed by atoms with E-state index in [1.54, 1.807) is 24.1 Å². The average molecular weight is 668 g/mol. The summed E-state index contributed by atoms with van der Waals surface area (Å²) < 4.78 is 16.7. The van der Waals surface area contributed by atoms with Crippen molar-refractivity contribution in [3.8, 4) is 5.75 Å². The molecule has 2 aliphatic heterocycles. The molecule has 0 fully saturated rings. The van der Waals surface area contributed by atoms with E-state index in [0.29, 0.717) is 37.2 Å². The van der Waals surface area contributed by atoms with Gasteiger partial charge in [-0.1, -0.05) is 47.9 Å². The Balaban J connectivity index is 1.95. The first-order valence-corrected chi connectivity index (χ1v) is 14.0. The van der Waals surface area contributed by atoms with Crippen LogP contribution in [0.3, 0.4) is 0 Å². The molecule has 11 heteroatoms. The largest absolute Gasteiger partial charge is 0.497 e. The van der Waals surface area contributed by atoms with E-state index in [-0.39, 0.29) is 15.7 Å². The fourth-order valence-electron chi connectivity index (χ4n) is 4.04. The van der Waals surface area contributed by atoms with Crippen LogP contribution in [0.4, 0.5) is 5.69 Å². The summed E-state index contributed by atoms with van der Waals surface area (Å²) in [5, 5.41) is 0. The number of ether oxygens (including phenoxy) is 3. The maximum Gasteiger partial charge on any atom is 0.346 e. The van der Waals surface area contributed by atoms with Crippen molar-refractivity contribution >= 4 is 92.3 Å². The van der Waals surface area contributed by atoms with Gasteiger partial charge in [-0.2, -0.15) is 0 Å². The molecular weight excluding hydrogens is 645 g/mol. The molecule has 0 N–H and O–H groups in total. The van der Waals surface area contributed by atoms with E-state index in [1.165, 1.54) is 14.2 Å². The van der Waals surface area contributed by atoms with Crippen LogP contribution in [0.1, 0.15) is 29.8 Å². The maximum atomic E-state index is 14.0. The summed E-state index contributed by atoms with van der Waals surface area (Å²) in [6.07, 6.45) is 0. The van der Waals surface area contributed by atoms with Crippen molar-refractivity contribution in [3.05, 3.63) is 71.2 Å². The molecule has 7 nitrogen and oxygen atoms in total. The van der Waals surface area contributed by atoms with Crippen LogP contribution in [0.2, 0.25) is 0 Å². The molecule has 0 radical (unpaired) electrons. The summed E-state index contributed by atoms with van der Waals surface area (Å²) in [6.45, 7) is 3.77. The Morgan fingerprint density at radius 1 is 0.946 bits per heavy atom. The zero-order chi connectivity index (χ0) is 27.1. The molecule has 37 heavy (non-hydrogen) atoms. The van der Waals surface area contributed by atoms with Gasteiger partial charge in [0.15, 0.2) is 0 Å². The smallest absolute Gasteiger partial charge is 0.346 e. The van der Waals surface area contributed by atoms with E-state index in [1.807, 2.05) is 44.2 Å². The minimum absolute atomic E-state index is 0.129. The van der Waals surface area contributed by atoms with Gasteiger partial charge in [-0.05, 0) is 66.8 Å². The van der Waals surface area contributed by atoms with Crippen LogP contribution >= 0.6 is 58.3 Å². The lowest BCUT2D eigenvalue weighted by molar-refractivity contribution is -0.138. The Kier molecular flexibility index (Phi) is 8.07. The van der Waals surface area contributed by atoms with Gasteiger partial charge < -0.3 is 14.2 Å². The number of carbonyl (C=O) groups is 3. The van der Waals surface area contributed by atoms with E-state index >= 15 is 0 Å². The lowest BCUT2D eigenvalue weighted by Crippen LogP contribution is -2.56. The minimum atomic E-state index is -0.921. The number of anilines is 1. The summed E-state index contributed by atoms with van der Waals surface area (Å²) in [6, 6.07) is 12.8. The van der Waals surface area contributed by atoms with Gasteiger partial charge in [-0.25, -0.2) is 9.59 Å². The molecule has 2 aliphatic rings. The van der Waals surface area contributed by atoms with E-state index < -0.39 is 17.5 Å². The van der Waals surface area contributed by atoms with Crippen molar-refractivity contribution in [2.75, 3.05) is 26.2 Å². The number of amides is 1. The van der Waals surface area contributed by atoms with Crippen molar-refractivity contribution in [2.45, 2.75) is 19.4 Å². The number of fused-ring (bicyclic) bond motifs is 1. The first kappa shape index (κ1) is 27.7. The first-order chi connectivity index (χ1) is 17.6. The van der Waals surface area contributed by atoms with Gasteiger partial charge in [-0.15, -0.1) is 0 Å². The molecule has 0 unspecified atom stereocenters. The van der Waals surface area contributed by atoms with Crippen molar-refractivity contribution in [2.24, 2.45) is 0 Å². The highest BCUT2D eigenvalue weighted by Crippen LogP contribution is 2.56. The zero-order valence-electron chi connectivity index (χ0n) is 20.5. The number of hydrogen-bond acceptors (Lipinski definition) is 9. The van der Waals surface area contributed by atoms with Gasteiger partial charge in [0.25, 0.3) is 5.91 Å². The molecule has 0 bridgehead atoms. The summed E-state index contributed by atoms with van der Waals surface area (Å²) in [7, 11) is 4.06. The highest BCUT2D eigenvalue weighted by molar-refractivity contribution is 14.1. The highest BCUT2D eigenvalue weighted by Gasteiger charge is 2.46. The first-order valence-electron chi connectivity index (χ1n) is 10.9. The van der Waals surface area contributed by atoms with Gasteiger partial charge in [0.05, 0.1) is 47.2 Å². The Morgan fingerprint density at radius 3 is 2.08 bits per heavy atom. The van der Waals surface area contributed by atoms with Crippen LogP contribution in [0.15, 0.2) is 56.5 Å². The van der Waals surface area contributed by atoms with Crippen LogP contribution in [0.25, 0.3) is 5.57 Å². The third-order valence-electron chi connectivity index (χ3n) is 5.90. The number of halogens is 1. The Labute approximate surface area is 242 Å². The number of nitrogens with zero attached hydrogens (tertiary/aromatic N) is 1. The summed E-state index contributed by atoms with van der Waals surface area (Å²) in [4.78, 5) is 41.4. The molecule has 2 heterocycles. The van der Waals surface area contributed by atoms with Crippen LogP contribution < -0.4 is 9.64 Å². The SMILES string of the molecule is COC(=O)C1=C(C(=O)OC)SC(=C2C(=S)C(C)(C)N(C(=O)c3ccccc3I)c3ccc(OC)cc32)S1. The number of rotatable bonds is 4. The second-order valence-corrected chi connectivity index (χ2v) is 12.3. The summed E-state index contributed by atoms with van der Waals surface area (Å²) in [5.74, 6) is -0.904. The lowest BCUT2D eigenvalue weighted by atomic mass is 9.82. The number of thiocarbonyl (C=S) groups is 1. The average Bonchev–Trinajstić information content (AvgIpc) is 3.33. The second-order valence-electron chi connectivity index (χ2n) is 8.40. The molecule has 0 atom stereocenters. The Bertz CT molecular complexity index is 1380. The van der Waals surface area contributed by atoms with Gasteiger partial charge in [-0.3, -0.25) is 9.69 Å². The predicted octanol–water partition coefficient (Wildman–Crippen LogP) is 5.81. The number of benzene rings is 2. The van der Waals surface area contributed by atoms with E-state index in [4.69, 9.17) is 26.4 Å². The fraction of sp³-hybridized carbons (Fsp3) is 0.231. The second kappa shape index (κ2) is 10.8. The standard InChI is InChI=1S/C26H22INO6S3/c1-26(2)21(35)18(25-36-19(23(30)33-4)20(37-25)24(31)34-5)15-12-13(32-3)10-11-17(15)28(26)22(29)14-8-6-7-9-16(14)27/h6-12H,1-5H3. The van der Waals surface area contributed by atoms with Crippen LogP contribution in [0.5, 0.6) is 5.75 Å². The zero-order valence-corrected chi connectivity index (χ0v) is 25.1. The third kappa shape index (κ3) is 4.82. The van der Waals surface area contributed by atoms with Crippen LogP contribution in [-0.4, -0.2) is 49.6 Å². The molecule has 0 aliphatic carbocycles. The normalized spacial score (nSPS) is 16.5. The van der Waals surface area contributed by atoms with Gasteiger partial charge in [0, 0.05) is 14.7 Å². The van der Waals surface area contributed by atoms with E-state index in [9.17, 15) is 14.4 Å². The predicted molar refractivity (Wildman–Crippen MR) is 159 cm³/mol. The lowest BCUT2D eigenvalue weighted by Gasteiger charge is -2.45. The Morgan fingerprint density at radius 2 is 1.54 bits per heavy atom. The number of hydrogen-bond donors (Lipinski definition) is 0. The topological polar surface area (TPSA) is 82.1 Å². The van der Waals surface area contributed by atoms with E-state index in [0.717, 1.165) is 27.1 Å². The molecule has 4 rings (SSSR count). The maximum absolute atomic E-state index is 14.0. The highest BCUT2D eigenvalue weighted by atomic mass is 127. The van der Waals surface area contributed by atoms with Gasteiger partial charge in [0.1, 0.15) is 15.6 Å². The quantitative estimate of drug-likeness (QED) is 0.174. The van der Waals surface area contributed by atoms with Crippen molar-refractivity contribution in [3.63, 3.8) is 0 Å². The fourth-order valence-corrected chi connectivity index (χ4v) is 7.70. The van der Waals surface area contributed by atoms with Crippen molar-refractivity contribution < 1.29 is 28.6 Å². The molecule has 0 saturated carbocycles. The summed E-state index contributed by atoms with van der Waals surface area (Å²) >= 11 is 10.4. The minimum Gasteiger partial charge on any atom is -0.497 e. The van der Waals surface area contributed by atoms with Gasteiger partial charge >= 0.3 is 11.9 Å². The molecule has 2 aromatic carbocycles. The number of carbonyl (C=O) groups excluding carboxylic acids is 3. The molecule has 192 valence electrons. The van der Waals surface area contributed by atoms with E-state index in [2.05, 4.69) is 22.6 Å². The molecule has 0 saturated heterocycles. The number of esters is 2. The Hall–Kier alpha value is -2.35. The molecular formula is C26H22INO6S3. The monoisotopic (exact) mass is 667 g/mol. The number of methoxy groups -OCH3 is 3. The van der Waals surface area contributed by atoms with Gasteiger partial charge in [0.2, 0.25) is 0 Å². The molecule has 0 aromatic heterocycles.